The first-order valence-electron chi connectivity index (χ1n) is 8.26. The second-order valence-corrected chi connectivity index (χ2v) is 5.85. The van der Waals surface area contributed by atoms with Gasteiger partial charge in [0.1, 0.15) is 0 Å². The fourth-order valence-corrected chi connectivity index (χ4v) is 3.00. The SMILES string of the molecule is CCOC(=O)C(=O)N1CCC(Cc2ccc(OC)c(OC)c2)CC1. The maximum Gasteiger partial charge on any atom is 0.397 e. The number of hydrogen-bond donors (Lipinski definition) is 0. The highest BCUT2D eigenvalue weighted by Gasteiger charge is 2.28. The Labute approximate surface area is 142 Å². The maximum absolute atomic E-state index is 11.9. The van der Waals surface area contributed by atoms with Crippen molar-refractivity contribution in [2.24, 2.45) is 5.92 Å². The lowest BCUT2D eigenvalue weighted by Gasteiger charge is -2.31. The molecule has 0 saturated carbocycles. The summed E-state index contributed by atoms with van der Waals surface area (Å²) in [6.07, 6.45) is 2.67. The van der Waals surface area contributed by atoms with Gasteiger partial charge in [-0.05, 0) is 49.8 Å². The van der Waals surface area contributed by atoms with Crippen LogP contribution in [0.4, 0.5) is 0 Å². The Morgan fingerprint density at radius 3 is 2.38 bits per heavy atom. The molecule has 1 aliphatic heterocycles. The van der Waals surface area contributed by atoms with Crippen LogP contribution in [0.2, 0.25) is 0 Å². The molecule has 0 atom stereocenters. The van der Waals surface area contributed by atoms with Crippen molar-refractivity contribution in [3.05, 3.63) is 23.8 Å². The summed E-state index contributed by atoms with van der Waals surface area (Å²) in [5.41, 5.74) is 1.18. The van der Waals surface area contributed by atoms with E-state index in [1.807, 2.05) is 18.2 Å². The number of carbonyl (C=O) groups excluding carboxylic acids is 2. The molecule has 2 rings (SSSR count). The number of amides is 1. The second-order valence-electron chi connectivity index (χ2n) is 5.85. The van der Waals surface area contributed by atoms with Crippen LogP contribution >= 0.6 is 0 Å². The summed E-state index contributed by atoms with van der Waals surface area (Å²) >= 11 is 0. The predicted octanol–water partition coefficient (Wildman–Crippen LogP) is 2.05. The van der Waals surface area contributed by atoms with E-state index < -0.39 is 11.9 Å². The quantitative estimate of drug-likeness (QED) is 0.609. The zero-order valence-electron chi connectivity index (χ0n) is 14.5. The number of likely N-dealkylation sites (tertiary alicyclic amines) is 1. The molecule has 1 aromatic carbocycles. The molecule has 0 bridgehead atoms. The van der Waals surface area contributed by atoms with E-state index in [1.54, 1.807) is 26.0 Å². The van der Waals surface area contributed by atoms with Crippen molar-refractivity contribution in [2.45, 2.75) is 26.2 Å². The van der Waals surface area contributed by atoms with Crippen LogP contribution < -0.4 is 9.47 Å². The van der Waals surface area contributed by atoms with Crippen LogP contribution in [0.15, 0.2) is 18.2 Å². The van der Waals surface area contributed by atoms with Crippen LogP contribution in [-0.4, -0.2) is 50.7 Å². The molecule has 1 aromatic rings. The van der Waals surface area contributed by atoms with E-state index >= 15 is 0 Å². The number of hydrogen-bond acceptors (Lipinski definition) is 5. The average Bonchev–Trinajstić information content (AvgIpc) is 2.61. The number of rotatable bonds is 5. The van der Waals surface area contributed by atoms with Gasteiger partial charge in [-0.15, -0.1) is 0 Å². The molecule has 1 heterocycles. The van der Waals surface area contributed by atoms with Crippen molar-refractivity contribution in [3.63, 3.8) is 0 Å². The molecule has 132 valence electrons. The van der Waals surface area contributed by atoms with Crippen molar-refractivity contribution in [3.8, 4) is 11.5 Å². The molecule has 6 nitrogen and oxygen atoms in total. The number of carbonyl (C=O) groups is 2. The number of piperidine rings is 1. The predicted molar refractivity (Wildman–Crippen MR) is 89.2 cm³/mol. The van der Waals surface area contributed by atoms with Crippen LogP contribution in [0.25, 0.3) is 0 Å². The first-order chi connectivity index (χ1) is 11.6. The van der Waals surface area contributed by atoms with Crippen LogP contribution in [0.5, 0.6) is 11.5 Å². The van der Waals surface area contributed by atoms with Gasteiger partial charge in [-0.2, -0.15) is 0 Å². The fraction of sp³-hybridized carbons (Fsp3) is 0.556. The highest BCUT2D eigenvalue weighted by Crippen LogP contribution is 2.30. The minimum atomic E-state index is -0.754. The normalized spacial score (nSPS) is 15.0. The van der Waals surface area contributed by atoms with Crippen LogP contribution in [0.3, 0.4) is 0 Å². The molecule has 6 heteroatoms. The molecule has 0 aliphatic carbocycles. The minimum Gasteiger partial charge on any atom is -0.493 e. The summed E-state index contributed by atoms with van der Waals surface area (Å²) in [6, 6.07) is 5.94. The summed E-state index contributed by atoms with van der Waals surface area (Å²) in [5.74, 6) is 0.646. The van der Waals surface area contributed by atoms with Gasteiger partial charge >= 0.3 is 11.9 Å². The molecule has 0 radical (unpaired) electrons. The van der Waals surface area contributed by atoms with Crippen molar-refractivity contribution in [2.75, 3.05) is 33.9 Å². The van der Waals surface area contributed by atoms with Crippen LogP contribution in [0.1, 0.15) is 25.3 Å². The molecular formula is C18H25NO5. The summed E-state index contributed by atoms with van der Waals surface area (Å²) in [6.45, 7) is 3.10. The topological polar surface area (TPSA) is 65.1 Å². The highest BCUT2D eigenvalue weighted by molar-refractivity contribution is 6.32. The van der Waals surface area contributed by atoms with E-state index in [2.05, 4.69) is 0 Å². The zero-order valence-corrected chi connectivity index (χ0v) is 14.5. The van der Waals surface area contributed by atoms with Gasteiger partial charge in [-0.25, -0.2) is 4.79 Å². The van der Waals surface area contributed by atoms with Gasteiger partial charge < -0.3 is 19.1 Å². The summed E-state index contributed by atoms with van der Waals surface area (Å²) in [7, 11) is 3.24. The third kappa shape index (κ3) is 4.40. The minimum absolute atomic E-state index is 0.223. The molecule has 1 fully saturated rings. The van der Waals surface area contributed by atoms with Crippen molar-refractivity contribution in [1.82, 2.24) is 4.90 Å². The van der Waals surface area contributed by atoms with Gasteiger partial charge in [0.15, 0.2) is 11.5 Å². The molecule has 0 spiro atoms. The summed E-state index contributed by atoms with van der Waals surface area (Å²) < 4.78 is 15.4. The van der Waals surface area contributed by atoms with Gasteiger partial charge in [0.05, 0.1) is 20.8 Å². The monoisotopic (exact) mass is 335 g/mol. The van der Waals surface area contributed by atoms with Crippen molar-refractivity contribution in [1.29, 1.82) is 0 Å². The van der Waals surface area contributed by atoms with E-state index in [0.29, 0.717) is 19.0 Å². The lowest BCUT2D eigenvalue weighted by atomic mass is 9.90. The molecule has 24 heavy (non-hydrogen) atoms. The highest BCUT2D eigenvalue weighted by atomic mass is 16.5. The third-order valence-electron chi connectivity index (χ3n) is 4.32. The Morgan fingerprint density at radius 1 is 1.12 bits per heavy atom. The lowest BCUT2D eigenvalue weighted by molar-refractivity contribution is -0.160. The van der Waals surface area contributed by atoms with E-state index in [1.165, 1.54) is 5.56 Å². The Balaban J connectivity index is 1.89. The van der Waals surface area contributed by atoms with E-state index in [9.17, 15) is 9.59 Å². The Bertz CT molecular complexity index is 579. The number of nitrogens with zero attached hydrogens (tertiary/aromatic N) is 1. The zero-order chi connectivity index (χ0) is 17.5. The number of methoxy groups -OCH3 is 2. The number of benzene rings is 1. The lowest BCUT2D eigenvalue weighted by Crippen LogP contribution is -2.43. The molecule has 0 N–H and O–H groups in total. The first kappa shape index (κ1) is 18.1. The molecule has 1 saturated heterocycles. The third-order valence-corrected chi connectivity index (χ3v) is 4.32. The van der Waals surface area contributed by atoms with E-state index in [4.69, 9.17) is 14.2 Å². The smallest absolute Gasteiger partial charge is 0.397 e. The number of esters is 1. The van der Waals surface area contributed by atoms with Gasteiger partial charge in [-0.3, -0.25) is 4.79 Å². The summed E-state index contributed by atoms with van der Waals surface area (Å²) in [5, 5.41) is 0. The van der Waals surface area contributed by atoms with Gasteiger partial charge in [0.2, 0.25) is 0 Å². The van der Waals surface area contributed by atoms with Gasteiger partial charge in [-0.1, -0.05) is 6.07 Å². The van der Waals surface area contributed by atoms with E-state index in [0.717, 1.165) is 30.8 Å². The van der Waals surface area contributed by atoms with Crippen LogP contribution in [-0.2, 0) is 20.7 Å². The Morgan fingerprint density at radius 2 is 1.79 bits per heavy atom. The fourth-order valence-electron chi connectivity index (χ4n) is 3.00. The molecule has 0 aromatic heterocycles. The van der Waals surface area contributed by atoms with E-state index in [-0.39, 0.29) is 6.61 Å². The average molecular weight is 335 g/mol. The van der Waals surface area contributed by atoms with Gasteiger partial charge in [0, 0.05) is 13.1 Å². The van der Waals surface area contributed by atoms with Crippen molar-refractivity contribution < 1.29 is 23.8 Å². The molecule has 1 aliphatic rings. The Kier molecular flexibility index (Phi) is 6.46. The molecule has 1 amide bonds. The second kappa shape index (κ2) is 8.57. The maximum atomic E-state index is 11.9. The molecule has 0 unspecified atom stereocenters. The van der Waals surface area contributed by atoms with Gasteiger partial charge in [0.25, 0.3) is 0 Å². The van der Waals surface area contributed by atoms with Crippen LogP contribution in [0, 0.1) is 5.92 Å². The standard InChI is InChI=1S/C18H25NO5/c1-4-24-18(21)17(20)19-9-7-13(8-10-19)11-14-5-6-15(22-2)16(12-14)23-3/h5-6,12-13H,4,7-11H2,1-3H3. The summed E-state index contributed by atoms with van der Waals surface area (Å²) in [4.78, 5) is 25.0. The Hall–Kier alpha value is -2.24. The number of ether oxygens (including phenoxy) is 3. The van der Waals surface area contributed by atoms with Crippen molar-refractivity contribution >= 4 is 11.9 Å². The first-order valence-corrected chi connectivity index (χ1v) is 8.26. The molecular weight excluding hydrogens is 310 g/mol. The largest absolute Gasteiger partial charge is 0.493 e.